The Bertz CT molecular complexity index is 519. The lowest BCUT2D eigenvalue weighted by atomic mass is 9.78. The average Bonchev–Trinajstić information content (AvgIpc) is 2.86. The zero-order chi connectivity index (χ0) is 13.0. The highest BCUT2D eigenvalue weighted by atomic mass is 19.4. The minimum atomic E-state index is -4.44. The van der Waals surface area contributed by atoms with Crippen LogP contribution in [0, 0.1) is 0 Å². The van der Waals surface area contributed by atoms with Gasteiger partial charge in [0.2, 0.25) is 5.91 Å². The van der Waals surface area contributed by atoms with Crippen molar-refractivity contribution in [3.63, 3.8) is 0 Å². The highest BCUT2D eigenvalue weighted by Crippen LogP contribution is 2.48. The molecule has 1 spiro atoms. The maximum atomic E-state index is 13.0. The molecule has 2 aliphatic heterocycles. The monoisotopic (exact) mass is 256 g/mol. The summed E-state index contributed by atoms with van der Waals surface area (Å²) < 4.78 is 39.1. The first-order chi connectivity index (χ1) is 8.45. The summed E-state index contributed by atoms with van der Waals surface area (Å²) in [6.07, 6.45) is -4.04. The molecule has 3 nitrogen and oxygen atoms in total. The summed E-state index contributed by atoms with van der Waals surface area (Å²) in [5.74, 6) is -0.334. The third kappa shape index (κ3) is 1.38. The van der Waals surface area contributed by atoms with Crippen molar-refractivity contribution < 1.29 is 18.0 Å². The molecule has 1 atom stereocenters. The third-order valence-corrected chi connectivity index (χ3v) is 3.69. The molecule has 18 heavy (non-hydrogen) atoms. The van der Waals surface area contributed by atoms with Crippen LogP contribution in [0.15, 0.2) is 18.2 Å². The van der Waals surface area contributed by atoms with Crippen molar-refractivity contribution >= 4 is 11.6 Å². The van der Waals surface area contributed by atoms with Gasteiger partial charge in [-0.2, -0.15) is 13.2 Å². The summed E-state index contributed by atoms with van der Waals surface area (Å²) in [6, 6.07) is 3.89. The number of carbonyl (C=O) groups is 1. The molecular weight excluding hydrogens is 245 g/mol. The number of fused-ring (bicyclic) bond motifs is 2. The van der Waals surface area contributed by atoms with Gasteiger partial charge in [0.25, 0.3) is 0 Å². The summed E-state index contributed by atoms with van der Waals surface area (Å²) >= 11 is 0. The number of halogens is 3. The smallest absolute Gasteiger partial charge is 0.325 e. The summed E-state index contributed by atoms with van der Waals surface area (Å²) in [5.41, 5.74) is -1.37. The van der Waals surface area contributed by atoms with Crippen LogP contribution in [-0.2, 0) is 16.4 Å². The van der Waals surface area contributed by atoms with Gasteiger partial charge in [0, 0.05) is 17.8 Å². The Kier molecular flexibility index (Phi) is 2.22. The van der Waals surface area contributed by atoms with E-state index in [1.54, 1.807) is 0 Å². The van der Waals surface area contributed by atoms with Gasteiger partial charge in [-0.05, 0) is 25.1 Å². The summed E-state index contributed by atoms with van der Waals surface area (Å²) in [4.78, 5) is 12.0. The molecule has 1 amide bonds. The number of rotatable bonds is 0. The van der Waals surface area contributed by atoms with E-state index in [1.807, 2.05) is 0 Å². The number of anilines is 1. The second-order valence-corrected chi connectivity index (χ2v) is 4.69. The van der Waals surface area contributed by atoms with Gasteiger partial charge in [0.1, 0.15) is 0 Å². The van der Waals surface area contributed by atoms with E-state index in [0.717, 1.165) is 6.07 Å². The third-order valence-electron chi connectivity index (χ3n) is 3.69. The van der Waals surface area contributed by atoms with E-state index in [4.69, 9.17) is 0 Å². The normalized spacial score (nSPS) is 26.5. The Morgan fingerprint density at radius 3 is 2.67 bits per heavy atom. The number of alkyl halides is 3. The van der Waals surface area contributed by atoms with Crippen LogP contribution in [0.2, 0.25) is 0 Å². The van der Waals surface area contributed by atoms with E-state index < -0.39 is 17.2 Å². The molecule has 1 aromatic carbocycles. The van der Waals surface area contributed by atoms with Crippen molar-refractivity contribution in [1.82, 2.24) is 5.32 Å². The van der Waals surface area contributed by atoms with Gasteiger partial charge in [0.15, 0.2) is 0 Å². The predicted molar refractivity (Wildman–Crippen MR) is 59.2 cm³/mol. The number of hydrogen-bond donors (Lipinski definition) is 2. The van der Waals surface area contributed by atoms with E-state index in [2.05, 4.69) is 10.6 Å². The first-order valence-electron chi connectivity index (χ1n) is 5.68. The number of carbonyl (C=O) groups excluding carboxylic acids is 1. The number of amides is 1. The summed E-state index contributed by atoms with van der Waals surface area (Å²) in [7, 11) is 0. The highest BCUT2D eigenvalue weighted by Gasteiger charge is 2.53. The standard InChI is InChI=1S/C12H11F3N2O/c13-12(14,15)7-2-1-3-8-9(7)11(10(18)17-8)4-5-16-6-11/h1-3,16H,4-6H2,(H,17,18)/t11-/m1/s1. The van der Waals surface area contributed by atoms with E-state index in [1.165, 1.54) is 12.1 Å². The SMILES string of the molecule is O=C1Nc2cccc(C(F)(F)F)c2[C@]12CCNC2. The lowest BCUT2D eigenvalue weighted by Gasteiger charge is -2.23. The van der Waals surface area contributed by atoms with Crippen LogP contribution in [-0.4, -0.2) is 19.0 Å². The molecule has 2 aliphatic rings. The van der Waals surface area contributed by atoms with Crippen LogP contribution in [0.25, 0.3) is 0 Å². The predicted octanol–water partition coefficient (Wildman–Crippen LogP) is 1.89. The van der Waals surface area contributed by atoms with Gasteiger partial charge >= 0.3 is 6.18 Å². The van der Waals surface area contributed by atoms with Crippen LogP contribution in [0.1, 0.15) is 17.5 Å². The molecule has 1 fully saturated rings. The van der Waals surface area contributed by atoms with Crippen LogP contribution >= 0.6 is 0 Å². The summed E-state index contributed by atoms with van der Waals surface area (Å²) in [5, 5.41) is 5.54. The molecule has 2 N–H and O–H groups in total. The zero-order valence-electron chi connectivity index (χ0n) is 9.40. The van der Waals surface area contributed by atoms with Gasteiger partial charge in [-0.1, -0.05) is 6.07 Å². The maximum Gasteiger partial charge on any atom is 0.416 e. The maximum absolute atomic E-state index is 13.0. The molecule has 1 aromatic rings. The Balaban J connectivity index is 2.25. The van der Waals surface area contributed by atoms with E-state index in [0.29, 0.717) is 18.7 Å². The molecule has 96 valence electrons. The average molecular weight is 256 g/mol. The molecule has 0 saturated carbocycles. The van der Waals surface area contributed by atoms with Crippen LogP contribution < -0.4 is 10.6 Å². The lowest BCUT2D eigenvalue weighted by molar-refractivity contribution is -0.138. The number of nitrogens with one attached hydrogen (secondary N) is 2. The molecular formula is C12H11F3N2O. The number of hydrogen-bond acceptors (Lipinski definition) is 2. The number of benzene rings is 1. The Hall–Kier alpha value is -1.56. The van der Waals surface area contributed by atoms with Crippen molar-refractivity contribution in [2.75, 3.05) is 18.4 Å². The Labute approximate surface area is 101 Å². The molecule has 3 rings (SSSR count). The molecule has 6 heteroatoms. The van der Waals surface area contributed by atoms with Crippen LogP contribution in [0.4, 0.5) is 18.9 Å². The fraction of sp³-hybridized carbons (Fsp3) is 0.417. The zero-order valence-corrected chi connectivity index (χ0v) is 9.40. The van der Waals surface area contributed by atoms with Crippen molar-refractivity contribution in [2.45, 2.75) is 18.0 Å². The van der Waals surface area contributed by atoms with Crippen molar-refractivity contribution in [3.05, 3.63) is 29.3 Å². The van der Waals surface area contributed by atoms with Gasteiger partial charge < -0.3 is 10.6 Å². The topological polar surface area (TPSA) is 41.1 Å². The minimum Gasteiger partial charge on any atom is -0.325 e. The van der Waals surface area contributed by atoms with Crippen molar-refractivity contribution in [2.24, 2.45) is 0 Å². The largest absolute Gasteiger partial charge is 0.416 e. The minimum absolute atomic E-state index is 0.104. The molecule has 0 unspecified atom stereocenters. The quantitative estimate of drug-likeness (QED) is 0.744. The fourth-order valence-electron chi connectivity index (χ4n) is 2.86. The molecule has 0 bridgehead atoms. The van der Waals surface area contributed by atoms with Gasteiger partial charge in [-0.15, -0.1) is 0 Å². The van der Waals surface area contributed by atoms with Crippen molar-refractivity contribution in [3.8, 4) is 0 Å². The molecule has 0 aromatic heterocycles. The molecule has 0 aliphatic carbocycles. The highest BCUT2D eigenvalue weighted by molar-refractivity contribution is 6.07. The van der Waals surface area contributed by atoms with E-state index >= 15 is 0 Å². The van der Waals surface area contributed by atoms with Gasteiger partial charge in [0.05, 0.1) is 11.0 Å². The van der Waals surface area contributed by atoms with Gasteiger partial charge in [-0.3, -0.25) is 4.79 Å². The molecule has 1 saturated heterocycles. The summed E-state index contributed by atoms with van der Waals surface area (Å²) in [6.45, 7) is 0.817. The first-order valence-corrected chi connectivity index (χ1v) is 5.68. The first kappa shape index (κ1) is 11.5. The second-order valence-electron chi connectivity index (χ2n) is 4.69. The second kappa shape index (κ2) is 3.47. The van der Waals surface area contributed by atoms with E-state index in [9.17, 15) is 18.0 Å². The fourth-order valence-corrected chi connectivity index (χ4v) is 2.86. The van der Waals surface area contributed by atoms with Crippen molar-refractivity contribution in [1.29, 1.82) is 0 Å². The van der Waals surface area contributed by atoms with Crippen LogP contribution in [0.5, 0.6) is 0 Å². The Morgan fingerprint density at radius 1 is 1.28 bits per heavy atom. The van der Waals surface area contributed by atoms with E-state index in [-0.39, 0.29) is 18.0 Å². The lowest BCUT2D eigenvalue weighted by Crippen LogP contribution is -2.37. The Morgan fingerprint density at radius 2 is 2.06 bits per heavy atom. The molecule has 2 heterocycles. The van der Waals surface area contributed by atoms with Crippen LogP contribution in [0.3, 0.4) is 0 Å². The molecule has 0 radical (unpaired) electrons. The van der Waals surface area contributed by atoms with Gasteiger partial charge in [-0.25, -0.2) is 0 Å².